The first-order chi connectivity index (χ1) is 11.4. The number of aryl methyl sites for hydroxylation is 3. The largest absolute Gasteiger partial charge is 0.354 e. The van der Waals surface area contributed by atoms with Gasteiger partial charge in [0.15, 0.2) is 5.96 Å². The molecule has 1 unspecified atom stereocenters. The molecule has 0 fully saturated rings. The molecule has 0 aromatic carbocycles. The van der Waals surface area contributed by atoms with Crippen LogP contribution in [0.2, 0.25) is 0 Å². The summed E-state index contributed by atoms with van der Waals surface area (Å²) < 4.78 is 1.94. The molecule has 0 aliphatic carbocycles. The topological polar surface area (TPSA) is 67.1 Å². The van der Waals surface area contributed by atoms with E-state index in [4.69, 9.17) is 0 Å². The van der Waals surface area contributed by atoms with Gasteiger partial charge >= 0.3 is 0 Å². The lowest BCUT2D eigenvalue weighted by Crippen LogP contribution is -2.42. The van der Waals surface area contributed by atoms with E-state index in [1.807, 2.05) is 11.7 Å². The van der Waals surface area contributed by atoms with Crippen molar-refractivity contribution in [3.63, 3.8) is 0 Å². The molecule has 0 saturated heterocycles. The number of hydrogen-bond donors (Lipinski definition) is 2. The second-order valence-electron chi connectivity index (χ2n) is 6.03. The van der Waals surface area contributed by atoms with Crippen molar-refractivity contribution in [2.75, 3.05) is 7.05 Å². The molecule has 6 nitrogen and oxygen atoms in total. The van der Waals surface area contributed by atoms with Gasteiger partial charge in [-0.15, -0.1) is 11.3 Å². The van der Waals surface area contributed by atoms with Gasteiger partial charge in [-0.25, -0.2) is 4.98 Å². The fourth-order valence-corrected chi connectivity index (χ4v) is 3.41. The maximum absolute atomic E-state index is 4.57. The Kier molecular flexibility index (Phi) is 6.36. The van der Waals surface area contributed by atoms with E-state index in [0.29, 0.717) is 6.54 Å². The summed E-state index contributed by atoms with van der Waals surface area (Å²) in [4.78, 5) is 8.88. The Balaban J connectivity index is 1.89. The van der Waals surface area contributed by atoms with Crippen LogP contribution in [0.5, 0.6) is 0 Å². The summed E-state index contributed by atoms with van der Waals surface area (Å²) in [6, 6.07) is 0.263. The number of thiazole rings is 1. The molecule has 2 aromatic rings. The van der Waals surface area contributed by atoms with Crippen molar-refractivity contribution in [2.45, 2.75) is 53.1 Å². The van der Waals surface area contributed by atoms with Crippen LogP contribution < -0.4 is 10.6 Å². The lowest BCUT2D eigenvalue weighted by molar-refractivity contribution is 0.634. The standard InChI is InChI=1S/C17H28N6S/c1-7-16-21-14(10-24-16)9-19-17(18-5)20-11(2)8-15-12(3)22-23(6)13(15)4/h10-11H,7-9H2,1-6H3,(H2,18,19,20). The fraction of sp³-hybridized carbons (Fsp3) is 0.588. The summed E-state index contributed by atoms with van der Waals surface area (Å²) in [5, 5.41) is 14.5. The molecule has 132 valence electrons. The third kappa shape index (κ3) is 4.56. The highest BCUT2D eigenvalue weighted by molar-refractivity contribution is 7.09. The highest BCUT2D eigenvalue weighted by Gasteiger charge is 2.14. The minimum Gasteiger partial charge on any atom is -0.354 e. The van der Waals surface area contributed by atoms with Crippen LogP contribution in [0.1, 0.15) is 41.5 Å². The van der Waals surface area contributed by atoms with Crippen LogP contribution in [-0.4, -0.2) is 33.8 Å². The summed E-state index contributed by atoms with van der Waals surface area (Å²) in [5.41, 5.74) is 4.69. The second kappa shape index (κ2) is 8.28. The van der Waals surface area contributed by atoms with E-state index in [0.717, 1.165) is 30.2 Å². The average molecular weight is 349 g/mol. The molecule has 0 radical (unpaired) electrons. The molecular weight excluding hydrogens is 320 g/mol. The Morgan fingerprint density at radius 2 is 2.17 bits per heavy atom. The molecule has 2 rings (SSSR count). The molecule has 0 bridgehead atoms. The van der Waals surface area contributed by atoms with E-state index < -0.39 is 0 Å². The predicted molar refractivity (Wildman–Crippen MR) is 101 cm³/mol. The van der Waals surface area contributed by atoms with Crippen molar-refractivity contribution in [3.05, 3.63) is 33.0 Å². The summed E-state index contributed by atoms with van der Waals surface area (Å²) in [7, 11) is 3.78. The number of aromatic nitrogens is 3. The van der Waals surface area contributed by atoms with Gasteiger partial charge in [-0.1, -0.05) is 6.92 Å². The molecule has 0 aliphatic rings. The number of aliphatic imine (C=N–C) groups is 1. The lowest BCUT2D eigenvalue weighted by Gasteiger charge is -2.18. The molecular formula is C17H28N6S. The molecule has 0 spiro atoms. The quantitative estimate of drug-likeness (QED) is 0.621. The van der Waals surface area contributed by atoms with Crippen molar-refractivity contribution in [1.82, 2.24) is 25.4 Å². The number of hydrogen-bond acceptors (Lipinski definition) is 4. The zero-order valence-electron chi connectivity index (χ0n) is 15.5. The van der Waals surface area contributed by atoms with Gasteiger partial charge in [0.2, 0.25) is 0 Å². The normalized spacial score (nSPS) is 13.2. The van der Waals surface area contributed by atoms with Crippen LogP contribution in [0.4, 0.5) is 0 Å². The van der Waals surface area contributed by atoms with Crippen LogP contribution in [0.3, 0.4) is 0 Å². The summed E-state index contributed by atoms with van der Waals surface area (Å²) in [6.45, 7) is 9.16. The summed E-state index contributed by atoms with van der Waals surface area (Å²) in [6.07, 6.45) is 1.90. The third-order valence-corrected chi connectivity index (χ3v) is 5.16. The second-order valence-corrected chi connectivity index (χ2v) is 6.98. The van der Waals surface area contributed by atoms with Gasteiger partial charge in [-0.3, -0.25) is 9.67 Å². The highest BCUT2D eigenvalue weighted by atomic mass is 32.1. The van der Waals surface area contributed by atoms with E-state index in [1.54, 1.807) is 18.4 Å². The number of nitrogens with zero attached hydrogens (tertiary/aromatic N) is 4. The Hall–Kier alpha value is -1.89. The Bertz CT molecular complexity index is 700. The predicted octanol–water partition coefficient (Wildman–Crippen LogP) is 2.35. The lowest BCUT2D eigenvalue weighted by atomic mass is 10.1. The summed E-state index contributed by atoms with van der Waals surface area (Å²) in [5.74, 6) is 0.799. The maximum Gasteiger partial charge on any atom is 0.191 e. The Labute approximate surface area is 148 Å². The van der Waals surface area contributed by atoms with Crippen molar-refractivity contribution in [1.29, 1.82) is 0 Å². The van der Waals surface area contributed by atoms with Crippen LogP contribution in [0.15, 0.2) is 10.4 Å². The SMILES string of the molecule is CCc1nc(CNC(=NC)NC(C)Cc2c(C)nn(C)c2C)cs1. The van der Waals surface area contributed by atoms with Crippen LogP contribution in [0.25, 0.3) is 0 Å². The molecule has 24 heavy (non-hydrogen) atoms. The molecule has 0 amide bonds. The number of rotatable bonds is 6. The smallest absolute Gasteiger partial charge is 0.191 e. The van der Waals surface area contributed by atoms with Gasteiger partial charge in [0, 0.05) is 31.2 Å². The zero-order valence-corrected chi connectivity index (χ0v) is 16.3. The van der Waals surface area contributed by atoms with E-state index in [9.17, 15) is 0 Å². The molecule has 7 heteroatoms. The van der Waals surface area contributed by atoms with E-state index in [1.165, 1.54) is 16.3 Å². The maximum atomic E-state index is 4.57. The van der Waals surface area contributed by atoms with Crippen LogP contribution in [-0.2, 0) is 26.4 Å². The number of guanidine groups is 1. The van der Waals surface area contributed by atoms with Gasteiger partial charge < -0.3 is 10.6 Å². The van der Waals surface area contributed by atoms with Gasteiger partial charge in [-0.05, 0) is 39.2 Å². The van der Waals surface area contributed by atoms with E-state index in [-0.39, 0.29) is 6.04 Å². The van der Waals surface area contributed by atoms with Gasteiger partial charge in [-0.2, -0.15) is 5.10 Å². The van der Waals surface area contributed by atoms with Crippen molar-refractivity contribution >= 4 is 17.3 Å². The number of nitrogens with one attached hydrogen (secondary N) is 2. The molecule has 0 saturated carbocycles. The van der Waals surface area contributed by atoms with E-state index >= 15 is 0 Å². The molecule has 0 aliphatic heterocycles. The van der Waals surface area contributed by atoms with Gasteiger partial charge in [0.25, 0.3) is 0 Å². The molecule has 2 aromatic heterocycles. The van der Waals surface area contributed by atoms with Gasteiger partial charge in [0.05, 0.1) is 22.9 Å². The van der Waals surface area contributed by atoms with Crippen molar-refractivity contribution in [3.8, 4) is 0 Å². The average Bonchev–Trinajstić information content (AvgIpc) is 3.11. The zero-order chi connectivity index (χ0) is 17.7. The fourth-order valence-electron chi connectivity index (χ4n) is 2.66. The molecule has 1 atom stereocenters. The third-order valence-electron chi connectivity index (χ3n) is 4.11. The molecule has 2 N–H and O–H groups in total. The van der Waals surface area contributed by atoms with Gasteiger partial charge in [0.1, 0.15) is 0 Å². The minimum absolute atomic E-state index is 0.263. The Morgan fingerprint density at radius 3 is 2.71 bits per heavy atom. The highest BCUT2D eigenvalue weighted by Crippen LogP contribution is 2.14. The van der Waals surface area contributed by atoms with Crippen LogP contribution >= 0.6 is 11.3 Å². The Morgan fingerprint density at radius 1 is 1.42 bits per heavy atom. The monoisotopic (exact) mass is 348 g/mol. The molecule has 2 heterocycles. The first-order valence-electron chi connectivity index (χ1n) is 8.34. The van der Waals surface area contributed by atoms with Crippen molar-refractivity contribution in [2.24, 2.45) is 12.0 Å². The minimum atomic E-state index is 0.263. The first kappa shape index (κ1) is 18.4. The van der Waals surface area contributed by atoms with Crippen molar-refractivity contribution < 1.29 is 0 Å². The van der Waals surface area contributed by atoms with E-state index in [2.05, 4.69) is 58.8 Å². The summed E-state index contributed by atoms with van der Waals surface area (Å²) >= 11 is 1.71. The van der Waals surface area contributed by atoms with Crippen LogP contribution in [0, 0.1) is 13.8 Å². The first-order valence-corrected chi connectivity index (χ1v) is 9.22.